The number of aromatic nitrogens is 3. The summed E-state index contributed by atoms with van der Waals surface area (Å²) in [7, 11) is 0. The van der Waals surface area contributed by atoms with E-state index in [9.17, 15) is 9.90 Å². The van der Waals surface area contributed by atoms with Crippen molar-refractivity contribution < 1.29 is 14.6 Å². The van der Waals surface area contributed by atoms with Crippen LogP contribution in [-0.4, -0.2) is 38.8 Å². The topological polar surface area (TPSA) is 103 Å². The van der Waals surface area contributed by atoms with E-state index in [1.165, 1.54) is 30.4 Å². The van der Waals surface area contributed by atoms with Crippen LogP contribution in [0.15, 0.2) is 0 Å². The Morgan fingerprint density at radius 3 is 2.86 bits per heavy atom. The molecule has 0 aromatic carbocycles. The van der Waals surface area contributed by atoms with E-state index in [0.29, 0.717) is 18.2 Å². The van der Waals surface area contributed by atoms with E-state index in [1.54, 1.807) is 6.92 Å². The van der Waals surface area contributed by atoms with Crippen LogP contribution in [0.3, 0.4) is 0 Å². The van der Waals surface area contributed by atoms with Crippen molar-refractivity contribution in [2.45, 2.75) is 58.2 Å². The summed E-state index contributed by atoms with van der Waals surface area (Å²) in [5, 5.41) is 18.0. The molecule has 1 unspecified atom stereocenters. The molecule has 1 saturated carbocycles. The van der Waals surface area contributed by atoms with E-state index in [2.05, 4.69) is 10.3 Å². The fourth-order valence-corrected chi connectivity index (χ4v) is 2.94. The van der Waals surface area contributed by atoms with Crippen LogP contribution in [0.2, 0.25) is 0 Å². The summed E-state index contributed by atoms with van der Waals surface area (Å²) < 4.78 is 6.44. The fraction of sp³-hybridized carbons (Fsp3) is 0.786. The lowest BCUT2D eigenvalue weighted by Crippen LogP contribution is -2.22. The molecule has 0 spiro atoms. The number of nitrogens with zero attached hydrogens (tertiary/aromatic N) is 3. The standard InChI is InChI=1S/C14H24N4O3/c1-2-21-14(20)13-12(8-15)18(17-16-13)9-11(19)7-10-5-3-4-6-10/h10-11,19H,2-9,15H2,1H3. The number of hydrogen-bond acceptors (Lipinski definition) is 6. The van der Waals surface area contributed by atoms with E-state index in [4.69, 9.17) is 10.5 Å². The zero-order valence-electron chi connectivity index (χ0n) is 12.5. The van der Waals surface area contributed by atoms with Crippen molar-refractivity contribution in [1.29, 1.82) is 0 Å². The van der Waals surface area contributed by atoms with Crippen molar-refractivity contribution in [3.8, 4) is 0 Å². The summed E-state index contributed by atoms with van der Waals surface area (Å²) in [4.78, 5) is 11.7. The second-order valence-electron chi connectivity index (χ2n) is 5.53. The lowest BCUT2D eigenvalue weighted by atomic mass is 10.00. The summed E-state index contributed by atoms with van der Waals surface area (Å²) in [6.07, 6.45) is 5.15. The molecular weight excluding hydrogens is 272 g/mol. The first kappa shape index (κ1) is 15.9. The molecule has 7 nitrogen and oxygen atoms in total. The van der Waals surface area contributed by atoms with Crippen molar-refractivity contribution in [2.24, 2.45) is 11.7 Å². The van der Waals surface area contributed by atoms with Gasteiger partial charge in [0.25, 0.3) is 0 Å². The fourth-order valence-electron chi connectivity index (χ4n) is 2.94. The quantitative estimate of drug-likeness (QED) is 0.723. The van der Waals surface area contributed by atoms with Crippen LogP contribution in [0.4, 0.5) is 0 Å². The monoisotopic (exact) mass is 296 g/mol. The van der Waals surface area contributed by atoms with Gasteiger partial charge in [-0.25, -0.2) is 9.48 Å². The molecule has 2 rings (SSSR count). The predicted octanol–water partition coefficient (Wildman–Crippen LogP) is 0.855. The zero-order chi connectivity index (χ0) is 15.2. The van der Waals surface area contributed by atoms with Gasteiger partial charge in [0.2, 0.25) is 0 Å². The summed E-state index contributed by atoms with van der Waals surface area (Å²) in [6, 6.07) is 0. The molecule has 1 heterocycles. The maximum atomic E-state index is 11.7. The molecule has 1 aromatic heterocycles. The van der Waals surface area contributed by atoms with Crippen LogP contribution in [0.1, 0.15) is 55.2 Å². The lowest BCUT2D eigenvalue weighted by Gasteiger charge is -2.16. The van der Waals surface area contributed by atoms with Gasteiger partial charge in [-0.15, -0.1) is 5.10 Å². The van der Waals surface area contributed by atoms with Gasteiger partial charge < -0.3 is 15.6 Å². The Morgan fingerprint density at radius 1 is 1.52 bits per heavy atom. The molecule has 1 aromatic rings. The largest absolute Gasteiger partial charge is 0.461 e. The number of esters is 1. The summed E-state index contributed by atoms with van der Waals surface area (Å²) in [5.41, 5.74) is 6.34. The van der Waals surface area contributed by atoms with Crippen molar-refractivity contribution in [1.82, 2.24) is 15.0 Å². The van der Waals surface area contributed by atoms with E-state index in [-0.39, 0.29) is 18.8 Å². The highest BCUT2D eigenvalue weighted by molar-refractivity contribution is 5.88. The number of rotatable bonds is 7. The van der Waals surface area contributed by atoms with Gasteiger partial charge in [0.15, 0.2) is 5.69 Å². The molecule has 1 aliphatic carbocycles. The molecule has 1 fully saturated rings. The van der Waals surface area contributed by atoms with Crippen LogP contribution in [0.25, 0.3) is 0 Å². The smallest absolute Gasteiger partial charge is 0.360 e. The van der Waals surface area contributed by atoms with Gasteiger partial charge in [-0.1, -0.05) is 30.9 Å². The number of carbonyl (C=O) groups excluding carboxylic acids is 1. The maximum Gasteiger partial charge on any atom is 0.360 e. The second kappa shape index (κ2) is 7.51. The third-order valence-corrected chi connectivity index (χ3v) is 3.96. The number of hydrogen-bond donors (Lipinski definition) is 2. The molecule has 0 radical (unpaired) electrons. The lowest BCUT2D eigenvalue weighted by molar-refractivity contribution is 0.0517. The average molecular weight is 296 g/mol. The van der Waals surface area contributed by atoms with Gasteiger partial charge in [0, 0.05) is 6.54 Å². The van der Waals surface area contributed by atoms with Gasteiger partial charge in [-0.2, -0.15) is 0 Å². The molecule has 7 heteroatoms. The molecule has 0 bridgehead atoms. The van der Waals surface area contributed by atoms with E-state index < -0.39 is 12.1 Å². The van der Waals surface area contributed by atoms with Crippen LogP contribution in [-0.2, 0) is 17.8 Å². The molecule has 0 amide bonds. The van der Waals surface area contributed by atoms with Crippen molar-refractivity contribution >= 4 is 5.97 Å². The Labute approximate surface area is 124 Å². The highest BCUT2D eigenvalue weighted by Gasteiger charge is 2.23. The Balaban J connectivity index is 2.00. The molecule has 3 N–H and O–H groups in total. The molecule has 118 valence electrons. The first-order valence-electron chi connectivity index (χ1n) is 7.63. The molecule has 0 aliphatic heterocycles. The summed E-state index contributed by atoms with van der Waals surface area (Å²) in [5.74, 6) is 0.0730. The number of carbonyl (C=O) groups is 1. The SMILES string of the molecule is CCOC(=O)c1nnn(CC(O)CC2CCCC2)c1CN. The highest BCUT2D eigenvalue weighted by Crippen LogP contribution is 2.28. The van der Waals surface area contributed by atoms with Crippen molar-refractivity contribution in [3.05, 3.63) is 11.4 Å². The van der Waals surface area contributed by atoms with Crippen molar-refractivity contribution in [3.63, 3.8) is 0 Å². The number of aliphatic hydroxyl groups is 1. The molecule has 21 heavy (non-hydrogen) atoms. The van der Waals surface area contributed by atoms with Gasteiger partial charge in [-0.3, -0.25) is 0 Å². The van der Waals surface area contributed by atoms with Crippen LogP contribution in [0.5, 0.6) is 0 Å². The van der Waals surface area contributed by atoms with Gasteiger partial charge in [0.1, 0.15) is 0 Å². The zero-order valence-corrected chi connectivity index (χ0v) is 12.5. The normalized spacial score (nSPS) is 17.1. The number of aliphatic hydroxyl groups excluding tert-OH is 1. The minimum absolute atomic E-state index is 0.136. The molecule has 1 atom stereocenters. The predicted molar refractivity (Wildman–Crippen MR) is 76.5 cm³/mol. The Bertz CT molecular complexity index is 469. The third-order valence-electron chi connectivity index (χ3n) is 3.96. The molecular formula is C14H24N4O3. The molecule has 1 aliphatic rings. The Kier molecular flexibility index (Phi) is 5.69. The highest BCUT2D eigenvalue weighted by atomic mass is 16.5. The van der Waals surface area contributed by atoms with Crippen molar-refractivity contribution in [2.75, 3.05) is 6.61 Å². The van der Waals surface area contributed by atoms with Gasteiger partial charge >= 0.3 is 5.97 Å². The van der Waals surface area contributed by atoms with E-state index in [0.717, 1.165) is 6.42 Å². The van der Waals surface area contributed by atoms with Crippen LogP contribution in [0, 0.1) is 5.92 Å². The minimum Gasteiger partial charge on any atom is -0.461 e. The van der Waals surface area contributed by atoms with Crippen LogP contribution < -0.4 is 5.73 Å². The molecule has 0 saturated heterocycles. The first-order valence-corrected chi connectivity index (χ1v) is 7.63. The van der Waals surface area contributed by atoms with E-state index >= 15 is 0 Å². The number of nitrogens with two attached hydrogens (primary N) is 1. The average Bonchev–Trinajstić information content (AvgIpc) is 3.08. The van der Waals surface area contributed by atoms with Gasteiger partial charge in [0.05, 0.1) is 24.9 Å². The van der Waals surface area contributed by atoms with E-state index in [1.807, 2.05) is 0 Å². The summed E-state index contributed by atoms with van der Waals surface area (Å²) >= 11 is 0. The second-order valence-corrected chi connectivity index (χ2v) is 5.53. The van der Waals surface area contributed by atoms with Gasteiger partial charge in [-0.05, 0) is 19.3 Å². The third kappa shape index (κ3) is 4.01. The summed E-state index contributed by atoms with van der Waals surface area (Å²) in [6.45, 7) is 2.46. The Hall–Kier alpha value is -1.47. The van der Waals surface area contributed by atoms with Crippen LogP contribution >= 0.6 is 0 Å². The first-order chi connectivity index (χ1) is 10.2. The Morgan fingerprint density at radius 2 is 2.24 bits per heavy atom. The number of ether oxygens (including phenoxy) is 1. The maximum absolute atomic E-state index is 11.7. The minimum atomic E-state index is -0.519.